The minimum Gasteiger partial charge on any atom is -0.481 e. The summed E-state index contributed by atoms with van der Waals surface area (Å²) in [6.07, 6.45) is -4.17. The highest BCUT2D eigenvalue weighted by Crippen LogP contribution is 2.30. The van der Waals surface area contributed by atoms with E-state index in [0.29, 0.717) is 31.5 Å². The fourth-order valence-corrected chi connectivity index (χ4v) is 3.18. The number of rotatable bonds is 6. The number of aliphatic carboxylic acids is 1. The van der Waals surface area contributed by atoms with Crippen LogP contribution in [-0.2, 0) is 9.59 Å². The van der Waals surface area contributed by atoms with Crippen LogP contribution in [0.15, 0.2) is 24.3 Å². The van der Waals surface area contributed by atoms with Crippen LogP contribution in [0.25, 0.3) is 0 Å². The Labute approximate surface area is 148 Å². The van der Waals surface area contributed by atoms with Crippen molar-refractivity contribution in [2.24, 2.45) is 0 Å². The second kappa shape index (κ2) is 8.48. The molecular formula is C17H20F4N2O3. The molecule has 1 amide bonds. The van der Waals surface area contributed by atoms with Crippen molar-refractivity contribution in [3.05, 3.63) is 35.6 Å². The van der Waals surface area contributed by atoms with Gasteiger partial charge < -0.3 is 15.3 Å². The number of hydrogen-bond donors (Lipinski definition) is 2. The van der Waals surface area contributed by atoms with Gasteiger partial charge in [0, 0.05) is 24.9 Å². The Morgan fingerprint density at radius 2 is 1.88 bits per heavy atom. The molecule has 1 aromatic carbocycles. The molecule has 2 atom stereocenters. The van der Waals surface area contributed by atoms with E-state index in [9.17, 15) is 27.2 Å². The number of alkyl halides is 3. The van der Waals surface area contributed by atoms with Gasteiger partial charge in [-0.3, -0.25) is 9.59 Å². The van der Waals surface area contributed by atoms with Crippen LogP contribution in [0, 0.1) is 5.82 Å². The lowest BCUT2D eigenvalue weighted by molar-refractivity contribution is -0.174. The molecule has 0 aromatic heterocycles. The summed E-state index contributed by atoms with van der Waals surface area (Å²) in [5.41, 5.74) is 0.657. The van der Waals surface area contributed by atoms with Gasteiger partial charge in [-0.1, -0.05) is 12.1 Å². The number of hydrogen-bond acceptors (Lipinski definition) is 3. The number of piperidine rings is 1. The van der Waals surface area contributed by atoms with E-state index in [-0.39, 0.29) is 18.9 Å². The molecule has 1 saturated heterocycles. The van der Waals surface area contributed by atoms with Gasteiger partial charge in [-0.25, -0.2) is 4.39 Å². The molecule has 5 nitrogen and oxygen atoms in total. The summed E-state index contributed by atoms with van der Waals surface area (Å²) in [5, 5.41) is 10.7. The van der Waals surface area contributed by atoms with E-state index in [2.05, 4.69) is 0 Å². The summed E-state index contributed by atoms with van der Waals surface area (Å²) in [6.45, 7) is 1.14. The number of carboxylic acids is 1. The maximum atomic E-state index is 13.1. The molecule has 1 heterocycles. The highest BCUT2D eigenvalue weighted by Gasteiger charge is 2.42. The molecule has 2 N–H and O–H groups in total. The van der Waals surface area contributed by atoms with Crippen molar-refractivity contribution in [3.8, 4) is 0 Å². The van der Waals surface area contributed by atoms with E-state index in [1.807, 2.05) is 10.2 Å². The van der Waals surface area contributed by atoms with Crippen molar-refractivity contribution >= 4 is 11.9 Å². The summed E-state index contributed by atoms with van der Waals surface area (Å²) in [6, 6.07) is 4.68. The van der Waals surface area contributed by atoms with Gasteiger partial charge in [-0.15, -0.1) is 0 Å². The smallest absolute Gasteiger partial charge is 0.471 e. The molecular weight excluding hydrogens is 356 g/mol. The first-order chi connectivity index (χ1) is 12.2. The van der Waals surface area contributed by atoms with Gasteiger partial charge in [-0.2, -0.15) is 13.2 Å². The molecule has 1 aliphatic heterocycles. The van der Waals surface area contributed by atoms with Crippen LogP contribution in [0.2, 0.25) is 0 Å². The Kier molecular flexibility index (Phi) is 6.57. The number of carbonyl (C=O) groups is 2. The number of carboxylic acid groups (broad SMARTS) is 1. The maximum Gasteiger partial charge on any atom is 0.471 e. The molecule has 1 aromatic rings. The predicted octanol–water partition coefficient (Wildman–Crippen LogP) is 2.53. The Hall–Kier alpha value is -2.16. The molecule has 2 unspecified atom stereocenters. The van der Waals surface area contributed by atoms with Crippen molar-refractivity contribution in [2.75, 3.05) is 19.6 Å². The van der Waals surface area contributed by atoms with Crippen molar-refractivity contribution in [1.82, 2.24) is 10.2 Å². The molecule has 0 saturated carbocycles. The molecule has 144 valence electrons. The standard InChI is InChI=1S/C17H20F4N2O3/c18-12-5-3-11(4-6-12)13-7-9-23(8-1-2-15(24)25)10-14(13)22-16(26)17(19,20)21/h3-6,13-14H,1-2,7-10H2,(H,22,26)(H,24,25). The van der Waals surface area contributed by atoms with Crippen LogP contribution in [-0.4, -0.2) is 53.7 Å². The number of carbonyl (C=O) groups excluding carboxylic acids is 1. The van der Waals surface area contributed by atoms with E-state index in [1.54, 1.807) is 0 Å². The first-order valence-electron chi connectivity index (χ1n) is 8.24. The van der Waals surface area contributed by atoms with Gasteiger partial charge in [0.05, 0.1) is 0 Å². The van der Waals surface area contributed by atoms with E-state index >= 15 is 0 Å². The Morgan fingerprint density at radius 3 is 2.46 bits per heavy atom. The largest absolute Gasteiger partial charge is 0.481 e. The molecule has 0 bridgehead atoms. The van der Waals surface area contributed by atoms with Crippen LogP contribution >= 0.6 is 0 Å². The lowest BCUT2D eigenvalue weighted by Crippen LogP contribution is -2.54. The third-order valence-electron chi connectivity index (χ3n) is 4.43. The Bertz CT molecular complexity index is 634. The molecule has 2 rings (SSSR count). The number of nitrogens with zero attached hydrogens (tertiary/aromatic N) is 1. The van der Waals surface area contributed by atoms with Gasteiger partial charge >= 0.3 is 18.1 Å². The zero-order valence-corrected chi connectivity index (χ0v) is 13.9. The minimum absolute atomic E-state index is 0.0303. The zero-order valence-electron chi connectivity index (χ0n) is 13.9. The van der Waals surface area contributed by atoms with Gasteiger partial charge in [0.2, 0.25) is 0 Å². The van der Waals surface area contributed by atoms with E-state index in [4.69, 9.17) is 5.11 Å². The maximum absolute atomic E-state index is 13.1. The Balaban J connectivity index is 2.10. The first-order valence-corrected chi connectivity index (χ1v) is 8.24. The molecule has 1 aliphatic rings. The SMILES string of the molecule is O=C(O)CCCN1CCC(c2ccc(F)cc2)C(NC(=O)C(F)(F)F)C1. The quantitative estimate of drug-likeness (QED) is 0.749. The second-order valence-electron chi connectivity index (χ2n) is 6.32. The second-order valence-corrected chi connectivity index (χ2v) is 6.32. The molecule has 26 heavy (non-hydrogen) atoms. The number of halogens is 4. The summed E-state index contributed by atoms with van der Waals surface area (Å²) >= 11 is 0. The topological polar surface area (TPSA) is 69.6 Å². The minimum atomic E-state index is -4.99. The van der Waals surface area contributed by atoms with Crippen molar-refractivity contribution in [1.29, 1.82) is 0 Å². The lowest BCUT2D eigenvalue weighted by Gasteiger charge is -2.39. The van der Waals surface area contributed by atoms with E-state index < -0.39 is 29.9 Å². The van der Waals surface area contributed by atoms with Crippen LogP contribution < -0.4 is 5.32 Å². The summed E-state index contributed by atoms with van der Waals surface area (Å²) < 4.78 is 51.0. The van der Waals surface area contributed by atoms with Gasteiger partial charge in [0.25, 0.3) is 0 Å². The fourth-order valence-electron chi connectivity index (χ4n) is 3.18. The van der Waals surface area contributed by atoms with Crippen LogP contribution in [0.1, 0.15) is 30.7 Å². The third-order valence-corrected chi connectivity index (χ3v) is 4.43. The summed E-state index contributed by atoms with van der Waals surface area (Å²) in [7, 11) is 0. The van der Waals surface area contributed by atoms with Crippen LogP contribution in [0.4, 0.5) is 17.6 Å². The third kappa shape index (κ3) is 5.69. The monoisotopic (exact) mass is 376 g/mol. The lowest BCUT2D eigenvalue weighted by atomic mass is 9.85. The molecule has 0 aliphatic carbocycles. The van der Waals surface area contributed by atoms with Crippen molar-refractivity contribution in [2.45, 2.75) is 37.4 Å². The fraction of sp³-hybridized carbons (Fsp3) is 0.529. The highest BCUT2D eigenvalue weighted by molar-refractivity contribution is 5.82. The van der Waals surface area contributed by atoms with E-state index in [1.165, 1.54) is 24.3 Å². The molecule has 0 spiro atoms. The summed E-state index contributed by atoms with van der Waals surface area (Å²) in [5.74, 6) is -3.77. The average Bonchev–Trinajstić information content (AvgIpc) is 2.55. The predicted molar refractivity (Wildman–Crippen MR) is 85.1 cm³/mol. The number of benzene rings is 1. The molecule has 1 fully saturated rings. The Morgan fingerprint density at radius 1 is 1.23 bits per heavy atom. The molecule has 0 radical (unpaired) electrons. The van der Waals surface area contributed by atoms with Crippen molar-refractivity contribution in [3.63, 3.8) is 0 Å². The van der Waals surface area contributed by atoms with Crippen molar-refractivity contribution < 1.29 is 32.3 Å². The van der Waals surface area contributed by atoms with E-state index in [0.717, 1.165) is 0 Å². The first kappa shape index (κ1) is 20.2. The number of likely N-dealkylation sites (tertiary alicyclic amines) is 1. The van der Waals surface area contributed by atoms with Crippen LogP contribution in [0.5, 0.6) is 0 Å². The number of amides is 1. The average molecular weight is 376 g/mol. The van der Waals surface area contributed by atoms with Gasteiger partial charge in [-0.05, 0) is 43.6 Å². The van der Waals surface area contributed by atoms with Crippen LogP contribution in [0.3, 0.4) is 0 Å². The zero-order chi connectivity index (χ0) is 19.3. The molecule has 9 heteroatoms. The van der Waals surface area contributed by atoms with Gasteiger partial charge in [0.15, 0.2) is 0 Å². The highest BCUT2D eigenvalue weighted by atomic mass is 19.4. The number of nitrogens with one attached hydrogen (secondary N) is 1. The normalized spacial score (nSPS) is 21.4. The van der Waals surface area contributed by atoms with Gasteiger partial charge in [0.1, 0.15) is 5.82 Å². The summed E-state index contributed by atoms with van der Waals surface area (Å²) in [4.78, 5) is 23.8.